The number of carbonyl (C=O) groups excluding carboxylic acids is 1. The first-order valence-corrected chi connectivity index (χ1v) is 6.32. The second-order valence-corrected chi connectivity index (χ2v) is 4.27. The van der Waals surface area contributed by atoms with E-state index in [4.69, 9.17) is 5.11 Å². The van der Waals surface area contributed by atoms with E-state index in [0.717, 1.165) is 5.39 Å². The van der Waals surface area contributed by atoms with Crippen molar-refractivity contribution in [2.75, 3.05) is 13.2 Å². The first kappa shape index (κ1) is 14.1. The summed E-state index contributed by atoms with van der Waals surface area (Å²) < 4.78 is 13.0. The van der Waals surface area contributed by atoms with E-state index >= 15 is 0 Å². The summed E-state index contributed by atoms with van der Waals surface area (Å²) in [6.45, 7) is 0.483. The van der Waals surface area contributed by atoms with Crippen molar-refractivity contribution < 1.29 is 14.3 Å². The zero-order chi connectivity index (χ0) is 14.4. The molecule has 104 valence electrons. The van der Waals surface area contributed by atoms with Gasteiger partial charge in [-0.2, -0.15) is 0 Å². The van der Waals surface area contributed by atoms with Gasteiger partial charge in [0.1, 0.15) is 5.82 Å². The molecular weight excluding hydrogens is 259 g/mol. The lowest BCUT2D eigenvalue weighted by atomic mass is 10.2. The van der Waals surface area contributed by atoms with Crippen molar-refractivity contribution in [1.82, 2.24) is 10.3 Å². The Kier molecular flexibility index (Phi) is 4.79. The highest BCUT2D eigenvalue weighted by Crippen LogP contribution is 2.14. The van der Waals surface area contributed by atoms with Crippen molar-refractivity contribution in [3.05, 3.63) is 47.9 Å². The van der Waals surface area contributed by atoms with Gasteiger partial charge in [0, 0.05) is 24.6 Å². The van der Waals surface area contributed by atoms with Crippen molar-refractivity contribution >= 4 is 22.9 Å². The third kappa shape index (κ3) is 3.86. The topological polar surface area (TPSA) is 62.2 Å². The van der Waals surface area contributed by atoms with Crippen LogP contribution in [0, 0.1) is 5.82 Å². The summed E-state index contributed by atoms with van der Waals surface area (Å²) in [6.07, 6.45) is 3.51. The van der Waals surface area contributed by atoms with Crippen molar-refractivity contribution in [2.45, 2.75) is 6.42 Å². The van der Waals surface area contributed by atoms with Crippen molar-refractivity contribution in [1.29, 1.82) is 0 Å². The molecule has 0 aliphatic rings. The summed E-state index contributed by atoms with van der Waals surface area (Å²) >= 11 is 0. The lowest BCUT2D eigenvalue weighted by Crippen LogP contribution is -2.22. The lowest BCUT2D eigenvalue weighted by Gasteiger charge is -2.00. The number of fused-ring (bicyclic) bond motifs is 1. The maximum Gasteiger partial charge on any atom is 0.244 e. The van der Waals surface area contributed by atoms with Crippen LogP contribution in [0.2, 0.25) is 0 Å². The van der Waals surface area contributed by atoms with Crippen molar-refractivity contribution in [2.24, 2.45) is 0 Å². The first-order valence-electron chi connectivity index (χ1n) is 6.32. The Labute approximate surface area is 116 Å². The maximum atomic E-state index is 13.0. The predicted molar refractivity (Wildman–Crippen MR) is 75.4 cm³/mol. The second-order valence-electron chi connectivity index (χ2n) is 4.27. The molecule has 0 unspecified atom stereocenters. The van der Waals surface area contributed by atoms with Crippen LogP contribution < -0.4 is 5.32 Å². The fraction of sp³-hybridized carbons (Fsp3) is 0.200. The summed E-state index contributed by atoms with van der Waals surface area (Å²) in [5.41, 5.74) is 1.30. The van der Waals surface area contributed by atoms with Crippen molar-refractivity contribution in [3.63, 3.8) is 0 Å². The van der Waals surface area contributed by atoms with Crippen LogP contribution in [0.1, 0.15) is 12.1 Å². The van der Waals surface area contributed by atoms with Crippen LogP contribution in [0.5, 0.6) is 0 Å². The van der Waals surface area contributed by atoms with Crippen LogP contribution in [0.25, 0.3) is 17.0 Å². The van der Waals surface area contributed by atoms with Gasteiger partial charge in [0.15, 0.2) is 0 Å². The number of hydrogen-bond donors (Lipinski definition) is 2. The molecule has 1 heterocycles. The Morgan fingerprint density at radius 3 is 3.00 bits per heavy atom. The van der Waals surface area contributed by atoms with Gasteiger partial charge in [-0.15, -0.1) is 0 Å². The quantitative estimate of drug-likeness (QED) is 0.646. The van der Waals surface area contributed by atoms with E-state index in [9.17, 15) is 9.18 Å². The molecule has 4 nitrogen and oxygen atoms in total. The minimum atomic E-state index is -0.300. The molecular formula is C15H15FN2O2. The molecule has 0 spiro atoms. The third-order valence-corrected chi connectivity index (χ3v) is 2.71. The Bertz CT molecular complexity index is 641. The van der Waals surface area contributed by atoms with Crippen LogP contribution in [0.15, 0.2) is 36.4 Å². The van der Waals surface area contributed by atoms with Crippen LogP contribution in [0.3, 0.4) is 0 Å². The van der Waals surface area contributed by atoms with E-state index < -0.39 is 0 Å². The number of nitrogens with one attached hydrogen (secondary N) is 1. The molecule has 1 aromatic heterocycles. The molecule has 0 saturated heterocycles. The molecule has 5 heteroatoms. The van der Waals surface area contributed by atoms with Gasteiger partial charge in [0.25, 0.3) is 0 Å². The monoisotopic (exact) mass is 274 g/mol. The van der Waals surface area contributed by atoms with E-state index in [0.29, 0.717) is 24.2 Å². The largest absolute Gasteiger partial charge is 0.396 e. The van der Waals surface area contributed by atoms with Gasteiger partial charge in [-0.25, -0.2) is 9.37 Å². The molecule has 2 N–H and O–H groups in total. The number of nitrogens with zero attached hydrogens (tertiary/aromatic N) is 1. The number of halogens is 1. The first-order chi connectivity index (χ1) is 9.69. The summed E-state index contributed by atoms with van der Waals surface area (Å²) in [5, 5.41) is 12.0. The van der Waals surface area contributed by atoms with Crippen molar-refractivity contribution in [3.8, 4) is 0 Å². The molecule has 0 aliphatic carbocycles. The van der Waals surface area contributed by atoms with E-state index in [1.54, 1.807) is 24.3 Å². The fourth-order valence-corrected chi connectivity index (χ4v) is 1.72. The number of benzene rings is 1. The average Bonchev–Trinajstić information content (AvgIpc) is 2.45. The maximum absolute atomic E-state index is 13.0. The summed E-state index contributed by atoms with van der Waals surface area (Å²) in [4.78, 5) is 15.8. The smallest absolute Gasteiger partial charge is 0.244 e. The highest BCUT2D eigenvalue weighted by Gasteiger charge is 1.99. The standard InChI is InChI=1S/C15H15FN2O2/c16-12-3-6-14-11(10-12)2-4-13(18-14)5-7-15(20)17-8-1-9-19/h2-7,10,19H,1,8-9H2,(H,17,20)/b7-5+. The molecule has 1 aromatic carbocycles. The lowest BCUT2D eigenvalue weighted by molar-refractivity contribution is -0.116. The number of aliphatic hydroxyl groups is 1. The molecule has 20 heavy (non-hydrogen) atoms. The Balaban J connectivity index is 2.06. The normalized spacial score (nSPS) is 11.1. The van der Waals surface area contributed by atoms with E-state index in [-0.39, 0.29) is 18.3 Å². The molecule has 0 radical (unpaired) electrons. The molecule has 2 rings (SSSR count). The summed E-state index contributed by atoms with van der Waals surface area (Å²) in [5.74, 6) is -0.537. The van der Waals surface area contributed by atoms with Crippen LogP contribution >= 0.6 is 0 Å². The van der Waals surface area contributed by atoms with E-state index in [1.165, 1.54) is 18.2 Å². The van der Waals surface area contributed by atoms with Gasteiger partial charge < -0.3 is 10.4 Å². The Hall–Kier alpha value is -2.27. The number of aromatic nitrogens is 1. The average molecular weight is 274 g/mol. The number of aliphatic hydroxyl groups excluding tert-OH is 1. The van der Waals surface area contributed by atoms with E-state index in [2.05, 4.69) is 10.3 Å². The minimum absolute atomic E-state index is 0.0484. The van der Waals surface area contributed by atoms with Gasteiger partial charge in [-0.1, -0.05) is 6.07 Å². The highest BCUT2D eigenvalue weighted by atomic mass is 19.1. The Morgan fingerprint density at radius 1 is 1.35 bits per heavy atom. The molecule has 0 fully saturated rings. The number of rotatable bonds is 5. The number of amides is 1. The molecule has 0 atom stereocenters. The number of carbonyl (C=O) groups is 1. The Morgan fingerprint density at radius 2 is 2.20 bits per heavy atom. The number of pyridine rings is 1. The fourth-order valence-electron chi connectivity index (χ4n) is 1.72. The second kappa shape index (κ2) is 6.77. The van der Waals surface area contributed by atoms with E-state index in [1.807, 2.05) is 0 Å². The zero-order valence-electron chi connectivity index (χ0n) is 10.8. The minimum Gasteiger partial charge on any atom is -0.396 e. The van der Waals surface area contributed by atoms with Gasteiger partial charge >= 0.3 is 0 Å². The van der Waals surface area contributed by atoms with Crippen LogP contribution in [0.4, 0.5) is 4.39 Å². The van der Waals surface area contributed by atoms with Crippen LogP contribution in [-0.4, -0.2) is 29.1 Å². The van der Waals surface area contributed by atoms with Gasteiger partial charge in [0.05, 0.1) is 11.2 Å². The third-order valence-electron chi connectivity index (χ3n) is 2.71. The SMILES string of the molecule is O=C(/C=C/c1ccc2cc(F)ccc2n1)NCCCO. The van der Waals surface area contributed by atoms with Gasteiger partial charge in [-0.3, -0.25) is 4.79 Å². The molecule has 0 aliphatic heterocycles. The van der Waals surface area contributed by atoms with Gasteiger partial charge in [0.2, 0.25) is 5.91 Å². The van der Waals surface area contributed by atoms with Gasteiger partial charge in [-0.05, 0) is 36.8 Å². The molecule has 1 amide bonds. The number of hydrogen-bond acceptors (Lipinski definition) is 3. The highest BCUT2D eigenvalue weighted by molar-refractivity contribution is 5.91. The summed E-state index contributed by atoms with van der Waals surface area (Å²) in [7, 11) is 0. The zero-order valence-corrected chi connectivity index (χ0v) is 10.8. The molecule has 0 bridgehead atoms. The van der Waals surface area contributed by atoms with Crippen LogP contribution in [-0.2, 0) is 4.79 Å². The molecule has 0 saturated carbocycles. The summed E-state index contributed by atoms with van der Waals surface area (Å²) in [6, 6.07) is 7.85. The molecule has 2 aromatic rings. The predicted octanol–water partition coefficient (Wildman–Crippen LogP) is 1.89.